The third-order valence-electron chi connectivity index (χ3n) is 2.37. The number of anilines is 1. The van der Waals surface area contributed by atoms with E-state index in [-0.39, 0.29) is 12.3 Å². The van der Waals surface area contributed by atoms with Gasteiger partial charge in [0.1, 0.15) is 12.4 Å². The number of rotatable bonds is 3. The second-order valence-electron chi connectivity index (χ2n) is 3.70. The topological polar surface area (TPSA) is 35.2 Å². The summed E-state index contributed by atoms with van der Waals surface area (Å²) < 4.78 is 18.7. The Bertz CT molecular complexity index is 555. The van der Waals surface area contributed by atoms with Crippen LogP contribution in [-0.4, -0.2) is 0 Å². The highest BCUT2D eigenvalue weighted by molar-refractivity contribution is 6.37. The van der Waals surface area contributed by atoms with Crippen molar-refractivity contribution >= 4 is 28.9 Å². The first kappa shape index (κ1) is 13.0. The second kappa shape index (κ2) is 5.46. The molecule has 2 aromatic carbocycles. The van der Waals surface area contributed by atoms with Gasteiger partial charge >= 0.3 is 0 Å². The largest absolute Gasteiger partial charge is 0.486 e. The minimum Gasteiger partial charge on any atom is -0.486 e. The predicted octanol–water partition coefficient (Wildman–Crippen LogP) is 4.29. The van der Waals surface area contributed by atoms with Crippen molar-refractivity contribution in [2.75, 3.05) is 5.73 Å². The summed E-state index contributed by atoms with van der Waals surface area (Å²) >= 11 is 11.9. The number of benzene rings is 2. The van der Waals surface area contributed by atoms with Gasteiger partial charge in [-0.25, -0.2) is 4.39 Å². The Morgan fingerprint density at radius 2 is 1.78 bits per heavy atom. The Kier molecular flexibility index (Phi) is 3.94. The molecule has 0 fully saturated rings. The first-order valence-corrected chi connectivity index (χ1v) is 5.94. The summed E-state index contributed by atoms with van der Waals surface area (Å²) in [6.45, 7) is 0.167. The van der Waals surface area contributed by atoms with Gasteiger partial charge in [0.05, 0.1) is 15.7 Å². The van der Waals surface area contributed by atoms with Crippen molar-refractivity contribution in [3.63, 3.8) is 0 Å². The molecule has 5 heteroatoms. The lowest BCUT2D eigenvalue weighted by atomic mass is 10.2. The Morgan fingerprint density at radius 3 is 2.39 bits per heavy atom. The summed E-state index contributed by atoms with van der Waals surface area (Å²) in [5.41, 5.74) is 6.14. The molecule has 2 N–H and O–H groups in total. The molecule has 2 nitrogen and oxygen atoms in total. The van der Waals surface area contributed by atoms with E-state index in [1.165, 1.54) is 12.1 Å². The SMILES string of the molecule is Nc1ccc(COc2c(Cl)cccc2Cl)cc1F. The Morgan fingerprint density at radius 1 is 1.11 bits per heavy atom. The van der Waals surface area contributed by atoms with Crippen LogP contribution in [0.4, 0.5) is 10.1 Å². The summed E-state index contributed by atoms with van der Waals surface area (Å²) in [7, 11) is 0. The summed E-state index contributed by atoms with van der Waals surface area (Å²) in [6.07, 6.45) is 0. The minimum absolute atomic E-state index is 0.106. The van der Waals surface area contributed by atoms with Gasteiger partial charge in [0.2, 0.25) is 0 Å². The van der Waals surface area contributed by atoms with Crippen LogP contribution < -0.4 is 10.5 Å². The quantitative estimate of drug-likeness (QED) is 0.854. The molecule has 0 bridgehead atoms. The molecular weight excluding hydrogens is 276 g/mol. The number of hydrogen-bond acceptors (Lipinski definition) is 2. The van der Waals surface area contributed by atoms with Gasteiger partial charge in [-0.3, -0.25) is 0 Å². The molecule has 0 saturated carbocycles. The summed E-state index contributed by atoms with van der Waals surface area (Å²) in [6, 6.07) is 9.56. The second-order valence-corrected chi connectivity index (χ2v) is 4.51. The molecular formula is C13H10Cl2FNO. The van der Waals surface area contributed by atoms with Crippen LogP contribution in [0.15, 0.2) is 36.4 Å². The molecule has 0 heterocycles. The van der Waals surface area contributed by atoms with Crippen molar-refractivity contribution in [1.82, 2.24) is 0 Å². The molecule has 0 radical (unpaired) electrons. The highest BCUT2D eigenvalue weighted by Crippen LogP contribution is 2.32. The maximum absolute atomic E-state index is 13.2. The molecule has 0 amide bonds. The van der Waals surface area contributed by atoms with E-state index in [0.717, 1.165) is 0 Å². The number of nitrogens with two attached hydrogens (primary N) is 1. The van der Waals surface area contributed by atoms with Gasteiger partial charge in [-0.15, -0.1) is 0 Å². The van der Waals surface area contributed by atoms with E-state index < -0.39 is 5.82 Å². The molecule has 18 heavy (non-hydrogen) atoms. The Hall–Kier alpha value is -1.45. The zero-order valence-corrected chi connectivity index (χ0v) is 10.8. The summed E-state index contributed by atoms with van der Waals surface area (Å²) in [4.78, 5) is 0. The van der Waals surface area contributed by atoms with E-state index in [0.29, 0.717) is 21.4 Å². The van der Waals surface area contributed by atoms with E-state index >= 15 is 0 Å². The standard InChI is InChI=1S/C13H10Cl2FNO/c14-9-2-1-3-10(15)13(9)18-7-8-4-5-12(17)11(16)6-8/h1-6H,7,17H2. The average molecular weight is 286 g/mol. The summed E-state index contributed by atoms with van der Waals surface area (Å²) in [5, 5.41) is 0.830. The molecule has 0 aromatic heterocycles. The van der Waals surface area contributed by atoms with E-state index in [1.54, 1.807) is 24.3 Å². The van der Waals surface area contributed by atoms with E-state index in [1.807, 2.05) is 0 Å². The van der Waals surface area contributed by atoms with Crippen molar-refractivity contribution in [2.24, 2.45) is 0 Å². The molecule has 94 valence electrons. The molecule has 2 aromatic rings. The first-order valence-electron chi connectivity index (χ1n) is 5.18. The van der Waals surface area contributed by atoms with Crippen LogP contribution in [0.3, 0.4) is 0 Å². The summed E-state index contributed by atoms with van der Waals surface area (Å²) in [5.74, 6) is -0.0839. The zero-order chi connectivity index (χ0) is 13.1. The Labute approximate surface area is 114 Å². The molecule has 0 saturated heterocycles. The lowest BCUT2D eigenvalue weighted by Gasteiger charge is -2.10. The van der Waals surface area contributed by atoms with Crippen LogP contribution in [0.2, 0.25) is 10.0 Å². The highest BCUT2D eigenvalue weighted by atomic mass is 35.5. The van der Waals surface area contributed by atoms with Gasteiger partial charge in [-0.1, -0.05) is 35.3 Å². The fourth-order valence-corrected chi connectivity index (χ4v) is 1.94. The zero-order valence-electron chi connectivity index (χ0n) is 9.29. The number of hydrogen-bond donors (Lipinski definition) is 1. The number of halogens is 3. The van der Waals surface area contributed by atoms with Crippen molar-refractivity contribution < 1.29 is 9.13 Å². The van der Waals surface area contributed by atoms with Crippen LogP contribution in [0.25, 0.3) is 0 Å². The van der Waals surface area contributed by atoms with E-state index in [9.17, 15) is 4.39 Å². The van der Waals surface area contributed by atoms with Crippen molar-refractivity contribution in [3.05, 3.63) is 57.8 Å². The van der Waals surface area contributed by atoms with Crippen LogP contribution >= 0.6 is 23.2 Å². The Balaban J connectivity index is 2.14. The minimum atomic E-state index is -0.471. The van der Waals surface area contributed by atoms with E-state index in [4.69, 9.17) is 33.7 Å². The van der Waals surface area contributed by atoms with Crippen molar-refractivity contribution in [1.29, 1.82) is 0 Å². The monoisotopic (exact) mass is 285 g/mol. The lowest BCUT2D eigenvalue weighted by Crippen LogP contribution is -1.99. The van der Waals surface area contributed by atoms with Crippen LogP contribution in [0.1, 0.15) is 5.56 Å². The number of nitrogen functional groups attached to an aromatic ring is 1. The normalized spacial score (nSPS) is 10.4. The molecule has 0 aliphatic carbocycles. The third kappa shape index (κ3) is 2.86. The highest BCUT2D eigenvalue weighted by Gasteiger charge is 2.07. The molecule has 0 spiro atoms. The lowest BCUT2D eigenvalue weighted by molar-refractivity contribution is 0.306. The first-order chi connectivity index (χ1) is 8.58. The van der Waals surface area contributed by atoms with Gasteiger partial charge in [-0.2, -0.15) is 0 Å². The fraction of sp³-hybridized carbons (Fsp3) is 0.0769. The average Bonchev–Trinajstić information content (AvgIpc) is 2.33. The maximum atomic E-state index is 13.2. The third-order valence-corrected chi connectivity index (χ3v) is 2.96. The van der Waals surface area contributed by atoms with Crippen molar-refractivity contribution in [2.45, 2.75) is 6.61 Å². The van der Waals surface area contributed by atoms with Gasteiger partial charge in [0, 0.05) is 0 Å². The molecule has 0 unspecified atom stereocenters. The number of ether oxygens (including phenoxy) is 1. The fourth-order valence-electron chi connectivity index (χ4n) is 1.44. The molecule has 0 aliphatic rings. The van der Waals surface area contributed by atoms with E-state index in [2.05, 4.69) is 0 Å². The van der Waals surface area contributed by atoms with Crippen LogP contribution in [-0.2, 0) is 6.61 Å². The molecule has 0 aliphatic heterocycles. The number of para-hydroxylation sites is 1. The smallest absolute Gasteiger partial charge is 0.156 e. The van der Waals surface area contributed by atoms with Crippen LogP contribution in [0.5, 0.6) is 5.75 Å². The molecule has 0 atom stereocenters. The van der Waals surface area contributed by atoms with Crippen LogP contribution in [0, 0.1) is 5.82 Å². The van der Waals surface area contributed by atoms with Gasteiger partial charge in [0.15, 0.2) is 5.75 Å². The molecule has 2 rings (SSSR count). The van der Waals surface area contributed by atoms with Gasteiger partial charge in [0.25, 0.3) is 0 Å². The van der Waals surface area contributed by atoms with Crippen molar-refractivity contribution in [3.8, 4) is 5.75 Å². The van der Waals surface area contributed by atoms with Gasteiger partial charge in [-0.05, 0) is 29.8 Å². The predicted molar refractivity (Wildman–Crippen MR) is 71.6 cm³/mol. The van der Waals surface area contributed by atoms with Gasteiger partial charge < -0.3 is 10.5 Å². The maximum Gasteiger partial charge on any atom is 0.156 e.